The van der Waals surface area contributed by atoms with Gasteiger partial charge >= 0.3 is 5.97 Å². The summed E-state index contributed by atoms with van der Waals surface area (Å²) in [6.45, 7) is 1.35. The summed E-state index contributed by atoms with van der Waals surface area (Å²) < 4.78 is 0. The zero-order chi connectivity index (χ0) is 9.84. The van der Waals surface area contributed by atoms with Crippen LogP contribution in [0.3, 0.4) is 0 Å². The monoisotopic (exact) mass is 203 g/mol. The molecular formula is C8H13NO3S. The van der Waals surface area contributed by atoms with E-state index in [9.17, 15) is 9.59 Å². The maximum absolute atomic E-state index is 10.8. The van der Waals surface area contributed by atoms with Gasteiger partial charge in [0.05, 0.1) is 0 Å². The molecule has 0 aromatic carbocycles. The number of rotatable bonds is 3. The quantitative estimate of drug-likeness (QED) is 0.693. The molecule has 5 heteroatoms. The Labute approximate surface area is 81.1 Å². The Balaban J connectivity index is 2.55. The number of nitrogens with one attached hydrogen (secondary N) is 1. The molecule has 2 N–H and O–H groups in total. The minimum atomic E-state index is -0.928. The molecule has 0 aliphatic carbocycles. The van der Waals surface area contributed by atoms with Gasteiger partial charge in [-0.1, -0.05) is 0 Å². The van der Waals surface area contributed by atoms with Crippen molar-refractivity contribution in [3.05, 3.63) is 0 Å². The SMILES string of the molecule is CC(=O)NC(C(=O)O)C1CCSC1. The molecule has 0 radical (unpaired) electrons. The third-order valence-corrected chi connectivity index (χ3v) is 3.25. The highest BCUT2D eigenvalue weighted by Crippen LogP contribution is 2.26. The van der Waals surface area contributed by atoms with Gasteiger partial charge in [0.1, 0.15) is 6.04 Å². The summed E-state index contributed by atoms with van der Waals surface area (Å²) in [5, 5.41) is 11.3. The number of hydrogen-bond donors (Lipinski definition) is 2. The molecule has 2 atom stereocenters. The van der Waals surface area contributed by atoms with Crippen LogP contribution in [0.4, 0.5) is 0 Å². The second kappa shape index (κ2) is 4.50. The lowest BCUT2D eigenvalue weighted by molar-refractivity contribution is -0.142. The summed E-state index contributed by atoms with van der Waals surface area (Å²) in [4.78, 5) is 21.5. The average molecular weight is 203 g/mol. The van der Waals surface area contributed by atoms with Crippen molar-refractivity contribution in [3.8, 4) is 0 Å². The van der Waals surface area contributed by atoms with Gasteiger partial charge in [-0.25, -0.2) is 4.79 Å². The van der Waals surface area contributed by atoms with Gasteiger partial charge in [0, 0.05) is 6.92 Å². The van der Waals surface area contributed by atoms with Gasteiger partial charge in [-0.2, -0.15) is 11.8 Å². The number of carboxylic acids is 1. The smallest absolute Gasteiger partial charge is 0.326 e. The van der Waals surface area contributed by atoms with Crippen LogP contribution in [0.1, 0.15) is 13.3 Å². The zero-order valence-corrected chi connectivity index (χ0v) is 8.26. The standard InChI is InChI=1S/C8H13NO3S/c1-5(10)9-7(8(11)12)6-2-3-13-4-6/h6-7H,2-4H2,1H3,(H,9,10)(H,11,12). The fraction of sp³-hybridized carbons (Fsp3) is 0.750. The molecule has 74 valence electrons. The molecule has 0 saturated carbocycles. The Morgan fingerprint density at radius 2 is 2.31 bits per heavy atom. The average Bonchev–Trinajstić information content (AvgIpc) is 2.50. The summed E-state index contributed by atoms with van der Waals surface area (Å²) in [6.07, 6.45) is 0.877. The Morgan fingerprint density at radius 1 is 1.62 bits per heavy atom. The molecule has 0 spiro atoms. The molecule has 1 rings (SSSR count). The normalized spacial score (nSPS) is 23.9. The van der Waals surface area contributed by atoms with Crippen LogP contribution in [0.2, 0.25) is 0 Å². The molecule has 0 bridgehead atoms. The molecule has 4 nitrogen and oxygen atoms in total. The van der Waals surface area contributed by atoms with E-state index in [0.29, 0.717) is 0 Å². The van der Waals surface area contributed by atoms with E-state index >= 15 is 0 Å². The van der Waals surface area contributed by atoms with E-state index in [0.717, 1.165) is 17.9 Å². The zero-order valence-electron chi connectivity index (χ0n) is 7.45. The van der Waals surface area contributed by atoms with E-state index < -0.39 is 12.0 Å². The number of aliphatic carboxylic acids is 1. The number of thioether (sulfide) groups is 1. The third kappa shape index (κ3) is 2.91. The van der Waals surface area contributed by atoms with Crippen molar-refractivity contribution in [2.24, 2.45) is 5.92 Å². The number of carboxylic acid groups (broad SMARTS) is 1. The van der Waals surface area contributed by atoms with Crippen LogP contribution in [-0.2, 0) is 9.59 Å². The molecule has 1 aliphatic rings. The largest absolute Gasteiger partial charge is 0.480 e. The first-order valence-corrected chi connectivity index (χ1v) is 5.34. The molecular weight excluding hydrogens is 190 g/mol. The number of hydrogen-bond acceptors (Lipinski definition) is 3. The van der Waals surface area contributed by atoms with E-state index in [1.807, 2.05) is 0 Å². The van der Waals surface area contributed by atoms with E-state index in [1.54, 1.807) is 11.8 Å². The predicted octanol–water partition coefficient (Wildman–Crippen LogP) is 0.329. The predicted molar refractivity (Wildman–Crippen MR) is 50.7 cm³/mol. The number of carbonyl (C=O) groups is 2. The molecule has 1 amide bonds. The van der Waals surface area contributed by atoms with E-state index in [4.69, 9.17) is 5.11 Å². The molecule has 13 heavy (non-hydrogen) atoms. The number of carbonyl (C=O) groups excluding carboxylic acids is 1. The maximum atomic E-state index is 10.8. The lowest BCUT2D eigenvalue weighted by atomic mass is 9.99. The molecule has 2 unspecified atom stereocenters. The topological polar surface area (TPSA) is 66.4 Å². The Morgan fingerprint density at radius 3 is 2.69 bits per heavy atom. The first-order valence-electron chi connectivity index (χ1n) is 4.19. The van der Waals surface area contributed by atoms with E-state index in [1.165, 1.54) is 6.92 Å². The summed E-state index contributed by atoms with van der Waals surface area (Å²) >= 11 is 1.74. The van der Waals surface area contributed by atoms with Crippen LogP contribution in [-0.4, -0.2) is 34.5 Å². The molecule has 1 saturated heterocycles. The highest BCUT2D eigenvalue weighted by molar-refractivity contribution is 7.99. The Kier molecular flexibility index (Phi) is 3.59. The Hall–Kier alpha value is -0.710. The summed E-state index contributed by atoms with van der Waals surface area (Å²) in [5.41, 5.74) is 0. The second-order valence-electron chi connectivity index (χ2n) is 3.14. The first kappa shape index (κ1) is 10.4. The fourth-order valence-corrected chi connectivity index (χ4v) is 2.71. The fourth-order valence-electron chi connectivity index (χ4n) is 1.42. The van der Waals surface area contributed by atoms with Gasteiger partial charge in [-0.05, 0) is 23.8 Å². The van der Waals surface area contributed by atoms with Crippen LogP contribution < -0.4 is 5.32 Å². The van der Waals surface area contributed by atoms with Crippen molar-refractivity contribution in [3.63, 3.8) is 0 Å². The van der Waals surface area contributed by atoms with Crippen LogP contribution in [0.25, 0.3) is 0 Å². The number of amides is 1. The summed E-state index contributed by atoms with van der Waals surface area (Å²) in [6, 6.07) is -0.701. The second-order valence-corrected chi connectivity index (χ2v) is 4.29. The Bertz CT molecular complexity index is 213. The van der Waals surface area contributed by atoms with Gasteiger partial charge < -0.3 is 10.4 Å². The van der Waals surface area contributed by atoms with E-state index in [2.05, 4.69) is 5.32 Å². The lowest BCUT2D eigenvalue weighted by Gasteiger charge is -2.18. The van der Waals surface area contributed by atoms with Crippen LogP contribution >= 0.6 is 11.8 Å². The summed E-state index contributed by atoms with van der Waals surface area (Å²) in [5.74, 6) is 0.712. The van der Waals surface area contributed by atoms with Crippen LogP contribution in [0.5, 0.6) is 0 Å². The highest BCUT2D eigenvalue weighted by Gasteiger charge is 2.31. The van der Waals surface area contributed by atoms with Gasteiger partial charge in [-0.15, -0.1) is 0 Å². The summed E-state index contributed by atoms with van der Waals surface area (Å²) in [7, 11) is 0. The van der Waals surface area contributed by atoms with Crippen molar-refractivity contribution in [2.45, 2.75) is 19.4 Å². The van der Waals surface area contributed by atoms with Crippen molar-refractivity contribution in [2.75, 3.05) is 11.5 Å². The van der Waals surface area contributed by atoms with Crippen molar-refractivity contribution in [1.82, 2.24) is 5.32 Å². The lowest BCUT2D eigenvalue weighted by Crippen LogP contribution is -2.45. The minimum absolute atomic E-state index is 0.0893. The molecule has 1 fully saturated rings. The van der Waals surface area contributed by atoms with Gasteiger partial charge in [0.15, 0.2) is 0 Å². The minimum Gasteiger partial charge on any atom is -0.480 e. The van der Waals surface area contributed by atoms with Crippen molar-refractivity contribution >= 4 is 23.6 Å². The van der Waals surface area contributed by atoms with Crippen molar-refractivity contribution < 1.29 is 14.7 Å². The van der Waals surface area contributed by atoms with Gasteiger partial charge in [-0.3, -0.25) is 4.79 Å². The van der Waals surface area contributed by atoms with Crippen LogP contribution in [0.15, 0.2) is 0 Å². The van der Waals surface area contributed by atoms with Gasteiger partial charge in [0.25, 0.3) is 0 Å². The molecule has 1 heterocycles. The van der Waals surface area contributed by atoms with Crippen molar-refractivity contribution in [1.29, 1.82) is 0 Å². The van der Waals surface area contributed by atoms with Crippen LogP contribution in [0, 0.1) is 5.92 Å². The maximum Gasteiger partial charge on any atom is 0.326 e. The molecule has 0 aromatic heterocycles. The highest BCUT2D eigenvalue weighted by atomic mass is 32.2. The first-order chi connectivity index (χ1) is 6.11. The van der Waals surface area contributed by atoms with E-state index in [-0.39, 0.29) is 11.8 Å². The van der Waals surface area contributed by atoms with Gasteiger partial charge in [0.2, 0.25) is 5.91 Å². The molecule has 0 aromatic rings. The molecule has 1 aliphatic heterocycles. The third-order valence-electron chi connectivity index (χ3n) is 2.06.